The number of hydrogen-bond acceptors (Lipinski definition) is 6. The van der Waals surface area contributed by atoms with Gasteiger partial charge in [0, 0.05) is 51.7 Å². The van der Waals surface area contributed by atoms with Crippen LogP contribution in [0.2, 0.25) is 0 Å². The van der Waals surface area contributed by atoms with Gasteiger partial charge >= 0.3 is 5.69 Å². The van der Waals surface area contributed by atoms with Crippen LogP contribution in [0.4, 0.5) is 10.1 Å². The fraction of sp³-hybridized carbons (Fsp3) is 0.391. The van der Waals surface area contributed by atoms with Gasteiger partial charge in [0.1, 0.15) is 5.69 Å². The molecule has 2 aliphatic heterocycles. The summed E-state index contributed by atoms with van der Waals surface area (Å²) in [7, 11) is 1.48. The summed E-state index contributed by atoms with van der Waals surface area (Å²) in [4.78, 5) is 47.0. The molecule has 2 fully saturated rings. The summed E-state index contributed by atoms with van der Waals surface area (Å²) >= 11 is 0. The van der Waals surface area contributed by atoms with Crippen LogP contribution in [0.25, 0.3) is 10.9 Å². The van der Waals surface area contributed by atoms with E-state index in [2.05, 4.69) is 20.2 Å². The number of pyridine rings is 1. The Morgan fingerprint density at radius 2 is 1.94 bits per heavy atom. The third kappa shape index (κ3) is 3.60. The monoisotopic (exact) mass is 452 g/mol. The highest BCUT2D eigenvalue weighted by molar-refractivity contribution is 5.92. The molecule has 33 heavy (non-hydrogen) atoms. The van der Waals surface area contributed by atoms with Crippen LogP contribution in [0.5, 0.6) is 0 Å². The number of aromatic amines is 1. The number of likely N-dealkylation sites (tertiary alicyclic amines) is 1. The number of carbonyl (C=O) groups is 1. The third-order valence-corrected chi connectivity index (χ3v) is 6.57. The first-order valence-corrected chi connectivity index (χ1v) is 10.9. The molecule has 1 spiro atoms. The minimum Gasteiger partial charge on any atom is -0.366 e. The van der Waals surface area contributed by atoms with E-state index in [-0.39, 0.29) is 16.7 Å². The van der Waals surface area contributed by atoms with Crippen LogP contribution in [0.3, 0.4) is 0 Å². The second-order valence-corrected chi connectivity index (χ2v) is 8.95. The van der Waals surface area contributed by atoms with Gasteiger partial charge in [-0.2, -0.15) is 4.39 Å². The van der Waals surface area contributed by atoms with E-state index in [1.165, 1.54) is 17.7 Å². The Labute approximate surface area is 188 Å². The van der Waals surface area contributed by atoms with Crippen molar-refractivity contribution in [2.24, 2.45) is 5.41 Å². The van der Waals surface area contributed by atoms with Crippen molar-refractivity contribution in [2.45, 2.75) is 20.0 Å². The van der Waals surface area contributed by atoms with E-state index in [1.54, 1.807) is 19.1 Å². The highest BCUT2D eigenvalue weighted by Crippen LogP contribution is 2.42. The lowest BCUT2D eigenvalue weighted by Crippen LogP contribution is -2.72. The Bertz CT molecular complexity index is 1370. The molecule has 0 unspecified atom stereocenters. The zero-order valence-electron chi connectivity index (χ0n) is 18.5. The van der Waals surface area contributed by atoms with Crippen molar-refractivity contribution in [1.29, 1.82) is 0 Å². The molecule has 0 atom stereocenters. The van der Waals surface area contributed by atoms with Gasteiger partial charge in [-0.1, -0.05) is 6.07 Å². The van der Waals surface area contributed by atoms with Crippen molar-refractivity contribution < 1.29 is 9.18 Å². The topological polar surface area (TPSA) is 103 Å². The molecule has 5 rings (SSSR count). The van der Waals surface area contributed by atoms with Gasteiger partial charge in [0.05, 0.1) is 16.6 Å². The Hall–Kier alpha value is -3.53. The number of anilines is 1. The van der Waals surface area contributed by atoms with E-state index in [0.29, 0.717) is 29.7 Å². The van der Waals surface area contributed by atoms with Crippen molar-refractivity contribution in [3.8, 4) is 0 Å². The van der Waals surface area contributed by atoms with Crippen LogP contribution >= 0.6 is 0 Å². The maximum atomic E-state index is 14.4. The Kier molecular flexibility index (Phi) is 5.04. The van der Waals surface area contributed by atoms with E-state index < -0.39 is 17.5 Å². The van der Waals surface area contributed by atoms with Crippen molar-refractivity contribution in [2.75, 3.05) is 38.1 Å². The third-order valence-electron chi connectivity index (χ3n) is 6.57. The quantitative estimate of drug-likeness (QED) is 0.559. The smallest absolute Gasteiger partial charge is 0.328 e. The van der Waals surface area contributed by atoms with Crippen LogP contribution in [-0.4, -0.2) is 58.6 Å². The fourth-order valence-corrected chi connectivity index (χ4v) is 5.01. The van der Waals surface area contributed by atoms with Gasteiger partial charge in [0.15, 0.2) is 0 Å². The standard InChI is InChI=1S/C23H25FN6O3/c1-3-30-21(32)15-5-4-14(8-17(15)27-22(30)33)9-28-10-23(11-28)12-29(13-23)18-7-6-16(20(31)25-2)26-19(18)24/h4-8H,3,9-13H2,1-2H3,(H,25,31)(H,27,33). The van der Waals surface area contributed by atoms with Gasteiger partial charge in [-0.05, 0) is 36.8 Å². The van der Waals surface area contributed by atoms with Gasteiger partial charge in [-0.25, -0.2) is 9.78 Å². The van der Waals surface area contributed by atoms with Crippen molar-refractivity contribution in [3.63, 3.8) is 0 Å². The first kappa shape index (κ1) is 21.3. The first-order chi connectivity index (χ1) is 15.8. The number of benzene rings is 1. The number of H-pyrrole nitrogens is 1. The van der Waals surface area contributed by atoms with Crippen molar-refractivity contribution in [3.05, 3.63) is 68.4 Å². The lowest BCUT2D eigenvalue weighted by Gasteiger charge is -2.61. The number of hydrogen-bond donors (Lipinski definition) is 2. The summed E-state index contributed by atoms with van der Waals surface area (Å²) in [5.74, 6) is -1.04. The first-order valence-electron chi connectivity index (χ1n) is 10.9. The second-order valence-electron chi connectivity index (χ2n) is 8.95. The van der Waals surface area contributed by atoms with E-state index in [4.69, 9.17) is 0 Å². The molecular formula is C23H25FN6O3. The zero-order valence-corrected chi connectivity index (χ0v) is 18.5. The van der Waals surface area contributed by atoms with Gasteiger partial charge in [0.25, 0.3) is 11.5 Å². The molecule has 9 nitrogen and oxygen atoms in total. The molecule has 0 bridgehead atoms. The summed E-state index contributed by atoms with van der Waals surface area (Å²) in [5, 5.41) is 2.95. The van der Waals surface area contributed by atoms with Crippen LogP contribution in [0.1, 0.15) is 23.0 Å². The van der Waals surface area contributed by atoms with Gasteiger partial charge in [-0.3, -0.25) is 19.1 Å². The normalized spacial score (nSPS) is 17.1. The van der Waals surface area contributed by atoms with Crippen molar-refractivity contribution >= 4 is 22.5 Å². The minimum absolute atomic E-state index is 0.0640. The lowest BCUT2D eigenvalue weighted by atomic mass is 9.72. The van der Waals surface area contributed by atoms with Crippen LogP contribution < -0.4 is 21.5 Å². The molecule has 10 heteroatoms. The predicted octanol–water partition coefficient (Wildman–Crippen LogP) is 0.926. The molecule has 1 aromatic carbocycles. The molecule has 4 heterocycles. The van der Waals surface area contributed by atoms with E-state index in [0.717, 1.165) is 31.7 Å². The number of carbonyl (C=O) groups excluding carboxylic acids is 1. The highest BCUT2D eigenvalue weighted by atomic mass is 19.1. The molecule has 0 saturated carbocycles. The van der Waals surface area contributed by atoms with Gasteiger partial charge in [0.2, 0.25) is 5.95 Å². The van der Waals surface area contributed by atoms with E-state index in [1.807, 2.05) is 17.0 Å². The number of rotatable bonds is 5. The lowest BCUT2D eigenvalue weighted by molar-refractivity contribution is -0.0276. The predicted molar refractivity (Wildman–Crippen MR) is 122 cm³/mol. The van der Waals surface area contributed by atoms with E-state index in [9.17, 15) is 18.8 Å². The number of halogens is 1. The second kappa shape index (κ2) is 7.80. The summed E-state index contributed by atoms with van der Waals surface area (Å²) in [6.07, 6.45) is 0. The Morgan fingerprint density at radius 3 is 2.61 bits per heavy atom. The number of amides is 1. The number of fused-ring (bicyclic) bond motifs is 1. The van der Waals surface area contributed by atoms with Crippen LogP contribution in [0, 0.1) is 11.4 Å². The molecule has 1 amide bonds. The summed E-state index contributed by atoms with van der Waals surface area (Å²) in [5.41, 5.74) is 1.53. The van der Waals surface area contributed by atoms with E-state index >= 15 is 0 Å². The van der Waals surface area contributed by atoms with Crippen LogP contribution in [-0.2, 0) is 13.1 Å². The fourth-order valence-electron chi connectivity index (χ4n) is 5.01. The highest BCUT2D eigenvalue weighted by Gasteiger charge is 2.52. The largest absolute Gasteiger partial charge is 0.366 e. The average Bonchev–Trinajstić information content (AvgIpc) is 2.74. The SMILES string of the molecule is CCn1c(=O)[nH]c2cc(CN3CC4(C3)CN(c3ccc(C(=O)NC)nc3F)C4)ccc2c1=O. The molecule has 3 aromatic rings. The molecule has 172 valence electrons. The maximum Gasteiger partial charge on any atom is 0.328 e. The maximum absolute atomic E-state index is 14.4. The van der Waals surface area contributed by atoms with Crippen LogP contribution in [0.15, 0.2) is 39.9 Å². The molecule has 2 aromatic heterocycles. The van der Waals surface area contributed by atoms with Gasteiger partial charge < -0.3 is 15.2 Å². The average molecular weight is 452 g/mol. The molecule has 0 radical (unpaired) electrons. The Morgan fingerprint density at radius 1 is 1.18 bits per heavy atom. The summed E-state index contributed by atoms with van der Waals surface area (Å²) in [6, 6.07) is 8.71. The molecule has 2 N–H and O–H groups in total. The number of aromatic nitrogens is 3. The molecule has 2 aliphatic rings. The molecular weight excluding hydrogens is 427 g/mol. The minimum atomic E-state index is -0.630. The summed E-state index contributed by atoms with van der Waals surface area (Å²) in [6.45, 7) is 6.07. The zero-order chi connectivity index (χ0) is 23.3. The Balaban J connectivity index is 1.22. The molecule has 2 saturated heterocycles. The number of nitrogens with one attached hydrogen (secondary N) is 2. The van der Waals surface area contributed by atoms with Gasteiger partial charge in [-0.15, -0.1) is 0 Å². The number of nitrogens with zero attached hydrogens (tertiary/aromatic N) is 4. The summed E-state index contributed by atoms with van der Waals surface area (Å²) < 4.78 is 15.6. The molecule has 0 aliphatic carbocycles. The van der Waals surface area contributed by atoms with Crippen molar-refractivity contribution in [1.82, 2.24) is 24.8 Å².